The first-order valence-corrected chi connectivity index (χ1v) is 7.58. The van der Waals surface area contributed by atoms with Crippen molar-refractivity contribution in [3.63, 3.8) is 0 Å². The average molecular weight is 388 g/mol. The summed E-state index contributed by atoms with van der Waals surface area (Å²) in [6.45, 7) is -0.783. The van der Waals surface area contributed by atoms with E-state index in [1.54, 1.807) is 0 Å². The van der Waals surface area contributed by atoms with Crippen LogP contribution in [-0.2, 0) is 4.79 Å². The molecule has 1 heterocycles. The SMILES string of the molecule is O=C(CN1C(=O)c2cccc([N+](=O)[O-])c2C1=O)Nc1ccc(F)c([N+](=O)[O-])c1. The van der Waals surface area contributed by atoms with Gasteiger partial charge in [0.25, 0.3) is 17.5 Å². The highest BCUT2D eigenvalue weighted by Gasteiger charge is 2.41. The largest absolute Gasteiger partial charge is 0.324 e. The number of nitrogens with zero attached hydrogens (tertiary/aromatic N) is 3. The van der Waals surface area contributed by atoms with Crippen molar-refractivity contribution in [2.24, 2.45) is 0 Å². The van der Waals surface area contributed by atoms with Gasteiger partial charge in [-0.3, -0.25) is 39.5 Å². The van der Waals surface area contributed by atoms with Crippen LogP contribution in [-0.4, -0.2) is 39.0 Å². The number of fused-ring (bicyclic) bond motifs is 1. The van der Waals surface area contributed by atoms with Crippen molar-refractivity contribution in [1.29, 1.82) is 0 Å². The molecule has 0 bridgehead atoms. The lowest BCUT2D eigenvalue weighted by Crippen LogP contribution is -2.37. The standard InChI is InChI=1S/C16H9FN4O7/c17-10-5-4-8(6-12(10)21(27)28)18-13(22)7-19-15(23)9-2-1-3-11(20(25)26)14(9)16(19)24/h1-6H,7H2,(H,18,22). The minimum Gasteiger partial charge on any atom is -0.324 e. The number of anilines is 1. The number of rotatable bonds is 5. The second kappa shape index (κ2) is 6.83. The molecule has 3 amide bonds. The van der Waals surface area contributed by atoms with Crippen molar-refractivity contribution >= 4 is 34.8 Å². The van der Waals surface area contributed by atoms with Gasteiger partial charge in [0, 0.05) is 17.8 Å². The quantitative estimate of drug-likeness (QED) is 0.466. The van der Waals surface area contributed by atoms with Crippen LogP contribution in [0.2, 0.25) is 0 Å². The van der Waals surface area contributed by atoms with Crippen LogP contribution in [0.15, 0.2) is 36.4 Å². The first kappa shape index (κ1) is 18.6. The van der Waals surface area contributed by atoms with Crippen LogP contribution < -0.4 is 5.32 Å². The Morgan fingerprint density at radius 3 is 2.36 bits per heavy atom. The average Bonchev–Trinajstić information content (AvgIpc) is 2.88. The lowest BCUT2D eigenvalue weighted by Gasteiger charge is -2.13. The van der Waals surface area contributed by atoms with Gasteiger partial charge in [-0.05, 0) is 18.2 Å². The molecule has 11 nitrogen and oxygen atoms in total. The minimum absolute atomic E-state index is 0.124. The van der Waals surface area contributed by atoms with E-state index >= 15 is 0 Å². The zero-order valence-corrected chi connectivity index (χ0v) is 13.7. The van der Waals surface area contributed by atoms with Crippen LogP contribution in [0.4, 0.5) is 21.5 Å². The molecule has 1 N–H and O–H groups in total. The maximum absolute atomic E-state index is 13.3. The van der Waals surface area contributed by atoms with Gasteiger partial charge in [-0.15, -0.1) is 0 Å². The van der Waals surface area contributed by atoms with Gasteiger partial charge in [0.05, 0.1) is 15.4 Å². The molecule has 0 saturated heterocycles. The van der Waals surface area contributed by atoms with Gasteiger partial charge in [0.1, 0.15) is 12.1 Å². The lowest BCUT2D eigenvalue weighted by atomic mass is 10.1. The molecule has 2 aromatic rings. The number of hydrogen-bond acceptors (Lipinski definition) is 7. The monoisotopic (exact) mass is 388 g/mol. The third kappa shape index (κ3) is 3.13. The predicted octanol–water partition coefficient (Wildman–Crippen LogP) is 1.88. The molecule has 0 unspecified atom stereocenters. The van der Waals surface area contributed by atoms with Gasteiger partial charge in [-0.25, -0.2) is 0 Å². The summed E-state index contributed by atoms with van der Waals surface area (Å²) in [5.74, 6) is -3.90. The van der Waals surface area contributed by atoms with Crippen LogP contribution in [0, 0.1) is 26.0 Å². The number of imide groups is 1. The first-order valence-electron chi connectivity index (χ1n) is 7.58. The number of nitro groups is 2. The number of carbonyl (C=O) groups is 3. The fourth-order valence-electron chi connectivity index (χ4n) is 2.69. The molecule has 3 rings (SSSR count). The third-order valence-corrected chi connectivity index (χ3v) is 3.90. The van der Waals surface area contributed by atoms with Crippen molar-refractivity contribution in [3.05, 3.63) is 73.6 Å². The van der Waals surface area contributed by atoms with E-state index in [2.05, 4.69) is 5.32 Å². The molecule has 0 aliphatic carbocycles. The maximum Gasteiger partial charge on any atom is 0.306 e. The second-order valence-corrected chi connectivity index (χ2v) is 5.62. The van der Waals surface area contributed by atoms with E-state index in [0.717, 1.165) is 24.3 Å². The Hall–Kier alpha value is -4.22. The normalized spacial score (nSPS) is 12.7. The Bertz CT molecular complexity index is 1070. The molecule has 0 radical (unpaired) electrons. The van der Waals surface area contributed by atoms with E-state index in [4.69, 9.17) is 0 Å². The topological polar surface area (TPSA) is 153 Å². The van der Waals surface area contributed by atoms with Crippen LogP contribution in [0.3, 0.4) is 0 Å². The van der Waals surface area contributed by atoms with E-state index < -0.39 is 56.9 Å². The van der Waals surface area contributed by atoms with E-state index in [9.17, 15) is 39.0 Å². The lowest BCUT2D eigenvalue weighted by molar-refractivity contribution is -0.387. The van der Waals surface area contributed by atoms with Gasteiger partial charge in [-0.1, -0.05) is 6.07 Å². The fraction of sp³-hybridized carbons (Fsp3) is 0.0625. The smallest absolute Gasteiger partial charge is 0.306 e. The van der Waals surface area contributed by atoms with E-state index in [1.807, 2.05) is 0 Å². The molecule has 28 heavy (non-hydrogen) atoms. The summed E-state index contributed by atoms with van der Waals surface area (Å²) >= 11 is 0. The van der Waals surface area contributed by atoms with Gasteiger partial charge < -0.3 is 5.32 Å². The predicted molar refractivity (Wildman–Crippen MR) is 90.1 cm³/mol. The molecule has 0 aromatic heterocycles. The molecule has 12 heteroatoms. The van der Waals surface area contributed by atoms with E-state index in [0.29, 0.717) is 4.90 Å². The summed E-state index contributed by atoms with van der Waals surface area (Å²) in [5.41, 5.74) is -2.17. The number of nitro benzene ring substituents is 2. The van der Waals surface area contributed by atoms with Crippen LogP contribution in [0.5, 0.6) is 0 Å². The Labute approximate surface area is 154 Å². The van der Waals surface area contributed by atoms with Crippen molar-refractivity contribution in [2.75, 3.05) is 11.9 Å². The van der Waals surface area contributed by atoms with Gasteiger partial charge in [0.2, 0.25) is 11.7 Å². The van der Waals surface area contributed by atoms with Crippen molar-refractivity contribution in [2.45, 2.75) is 0 Å². The molecule has 0 spiro atoms. The third-order valence-electron chi connectivity index (χ3n) is 3.90. The zero-order chi connectivity index (χ0) is 20.6. The van der Waals surface area contributed by atoms with Gasteiger partial charge in [0.15, 0.2) is 0 Å². The summed E-state index contributed by atoms with van der Waals surface area (Å²) in [7, 11) is 0. The number of amides is 3. The van der Waals surface area contributed by atoms with Crippen LogP contribution in [0.25, 0.3) is 0 Å². The molecule has 142 valence electrons. The summed E-state index contributed by atoms with van der Waals surface area (Å²) in [5, 5.41) is 24.0. The summed E-state index contributed by atoms with van der Waals surface area (Å²) in [4.78, 5) is 57.4. The van der Waals surface area contributed by atoms with Crippen LogP contribution >= 0.6 is 0 Å². The Balaban J connectivity index is 1.80. The minimum atomic E-state index is -1.10. The van der Waals surface area contributed by atoms with E-state index in [-0.39, 0.29) is 11.3 Å². The highest BCUT2D eigenvalue weighted by Crippen LogP contribution is 2.30. The number of carbonyl (C=O) groups excluding carboxylic acids is 3. The Kier molecular flexibility index (Phi) is 4.53. The molecular formula is C16H9FN4O7. The number of nitrogens with one attached hydrogen (secondary N) is 1. The van der Waals surface area contributed by atoms with Crippen molar-refractivity contribution in [1.82, 2.24) is 4.90 Å². The van der Waals surface area contributed by atoms with Crippen LogP contribution in [0.1, 0.15) is 20.7 Å². The number of halogens is 1. The molecule has 1 aliphatic rings. The molecule has 0 fully saturated rings. The zero-order valence-electron chi connectivity index (χ0n) is 13.7. The van der Waals surface area contributed by atoms with Crippen molar-refractivity contribution < 1.29 is 28.6 Å². The summed E-state index contributed by atoms with van der Waals surface area (Å²) < 4.78 is 13.3. The fourth-order valence-corrected chi connectivity index (χ4v) is 2.69. The number of benzene rings is 2. The molecule has 1 aliphatic heterocycles. The summed E-state index contributed by atoms with van der Waals surface area (Å²) in [6.07, 6.45) is 0. The molecule has 0 atom stereocenters. The second-order valence-electron chi connectivity index (χ2n) is 5.62. The van der Waals surface area contributed by atoms with Gasteiger partial charge >= 0.3 is 5.69 Å². The molecule has 2 aromatic carbocycles. The highest BCUT2D eigenvalue weighted by atomic mass is 19.1. The maximum atomic E-state index is 13.3. The molecular weight excluding hydrogens is 379 g/mol. The van der Waals surface area contributed by atoms with E-state index in [1.165, 1.54) is 12.1 Å². The summed E-state index contributed by atoms with van der Waals surface area (Å²) in [6, 6.07) is 6.14. The number of hydrogen-bond donors (Lipinski definition) is 1. The molecule has 0 saturated carbocycles. The van der Waals surface area contributed by atoms with Gasteiger partial charge in [-0.2, -0.15) is 4.39 Å². The Morgan fingerprint density at radius 1 is 1.04 bits per heavy atom. The Morgan fingerprint density at radius 2 is 1.71 bits per heavy atom. The van der Waals surface area contributed by atoms with Crippen molar-refractivity contribution in [3.8, 4) is 0 Å². The highest BCUT2D eigenvalue weighted by molar-refractivity contribution is 6.24. The first-order chi connectivity index (χ1) is 13.2.